The van der Waals surface area contributed by atoms with Crippen molar-refractivity contribution in [3.8, 4) is 0 Å². The minimum Gasteiger partial charge on any atom is -0.384 e. The fourth-order valence-corrected chi connectivity index (χ4v) is 2.15. The van der Waals surface area contributed by atoms with Gasteiger partial charge < -0.3 is 10.6 Å². The molecule has 1 heterocycles. The molecule has 0 saturated heterocycles. The van der Waals surface area contributed by atoms with Gasteiger partial charge in [-0.3, -0.25) is 5.41 Å². The lowest BCUT2D eigenvalue weighted by Crippen LogP contribution is -2.30. The number of nitrogens with one attached hydrogen (secondary N) is 1. The lowest BCUT2D eigenvalue weighted by molar-refractivity contribution is 0.703. The van der Waals surface area contributed by atoms with E-state index in [2.05, 4.69) is 16.8 Å². The summed E-state index contributed by atoms with van der Waals surface area (Å²) in [4.78, 5) is 6.95. The second kappa shape index (κ2) is 5.38. The molecule has 0 unspecified atom stereocenters. The van der Waals surface area contributed by atoms with Crippen molar-refractivity contribution in [2.45, 2.75) is 45.6 Å². The highest BCUT2D eigenvalue weighted by Gasteiger charge is 2.31. The highest BCUT2D eigenvalue weighted by Crippen LogP contribution is 2.32. The molecule has 1 saturated carbocycles. The van der Waals surface area contributed by atoms with E-state index in [4.69, 9.17) is 11.1 Å². The van der Waals surface area contributed by atoms with Crippen LogP contribution < -0.4 is 10.6 Å². The van der Waals surface area contributed by atoms with Crippen LogP contribution in [-0.2, 0) is 0 Å². The van der Waals surface area contributed by atoms with E-state index in [0.717, 1.165) is 30.0 Å². The number of aromatic nitrogens is 1. The summed E-state index contributed by atoms with van der Waals surface area (Å²) in [5.74, 6) is 1.01. The topological polar surface area (TPSA) is 66.0 Å². The number of unbranched alkanes of at least 4 members (excludes halogenated alkanes) is 1. The molecule has 3 N–H and O–H groups in total. The average Bonchev–Trinajstić information content (AvgIpc) is 3.13. The molecule has 0 amide bonds. The van der Waals surface area contributed by atoms with Crippen LogP contribution in [0.2, 0.25) is 0 Å². The van der Waals surface area contributed by atoms with E-state index in [1.165, 1.54) is 19.3 Å². The molecule has 4 heteroatoms. The molecule has 98 valence electrons. The number of hydrogen-bond donors (Lipinski definition) is 2. The van der Waals surface area contributed by atoms with E-state index >= 15 is 0 Å². The first-order chi connectivity index (χ1) is 8.63. The number of anilines is 1. The molecule has 0 radical (unpaired) electrons. The molecule has 0 spiro atoms. The summed E-state index contributed by atoms with van der Waals surface area (Å²) >= 11 is 0. The molecule has 1 aliphatic carbocycles. The quantitative estimate of drug-likeness (QED) is 0.598. The van der Waals surface area contributed by atoms with Crippen molar-refractivity contribution in [2.24, 2.45) is 5.73 Å². The van der Waals surface area contributed by atoms with Crippen LogP contribution in [0.25, 0.3) is 0 Å². The summed E-state index contributed by atoms with van der Waals surface area (Å²) in [6.07, 6.45) is 4.79. The van der Waals surface area contributed by atoms with Crippen molar-refractivity contribution < 1.29 is 0 Å². The molecule has 0 aromatic carbocycles. The van der Waals surface area contributed by atoms with Gasteiger partial charge in [-0.25, -0.2) is 4.98 Å². The first kappa shape index (κ1) is 12.9. The van der Waals surface area contributed by atoms with E-state index in [1.54, 1.807) is 0 Å². The zero-order valence-electron chi connectivity index (χ0n) is 11.2. The fraction of sp³-hybridized carbons (Fsp3) is 0.571. The SMILES string of the molecule is CCCCN(c1nc(C)ccc1C(=N)N)C1CC1. The molecule has 0 atom stereocenters. The molecule has 1 fully saturated rings. The van der Waals surface area contributed by atoms with E-state index in [0.29, 0.717) is 6.04 Å². The van der Waals surface area contributed by atoms with Crippen LogP contribution in [-0.4, -0.2) is 23.4 Å². The third kappa shape index (κ3) is 2.81. The molecule has 1 aromatic rings. The Hall–Kier alpha value is -1.58. The second-order valence-electron chi connectivity index (χ2n) is 5.02. The number of aryl methyl sites for hydroxylation is 1. The van der Waals surface area contributed by atoms with Gasteiger partial charge in [0.1, 0.15) is 11.7 Å². The summed E-state index contributed by atoms with van der Waals surface area (Å²) < 4.78 is 0. The Balaban J connectivity index is 2.32. The van der Waals surface area contributed by atoms with Gasteiger partial charge in [0.15, 0.2) is 0 Å². The van der Waals surface area contributed by atoms with Gasteiger partial charge in [-0.1, -0.05) is 13.3 Å². The Morgan fingerprint density at radius 2 is 2.22 bits per heavy atom. The van der Waals surface area contributed by atoms with Crippen LogP contribution in [0.15, 0.2) is 12.1 Å². The Labute approximate surface area is 109 Å². The van der Waals surface area contributed by atoms with Crippen LogP contribution in [0, 0.1) is 12.3 Å². The van der Waals surface area contributed by atoms with Gasteiger partial charge in [-0.2, -0.15) is 0 Å². The number of rotatable bonds is 6. The third-order valence-corrected chi connectivity index (χ3v) is 3.32. The number of amidine groups is 1. The normalized spacial score (nSPS) is 14.6. The second-order valence-corrected chi connectivity index (χ2v) is 5.02. The van der Waals surface area contributed by atoms with E-state index < -0.39 is 0 Å². The van der Waals surface area contributed by atoms with Gasteiger partial charge in [0.05, 0.1) is 5.56 Å². The van der Waals surface area contributed by atoms with Gasteiger partial charge >= 0.3 is 0 Å². The molecule has 0 aliphatic heterocycles. The van der Waals surface area contributed by atoms with Crippen molar-refractivity contribution in [1.82, 2.24) is 4.98 Å². The Morgan fingerprint density at radius 3 is 2.78 bits per heavy atom. The Kier molecular flexibility index (Phi) is 3.84. The van der Waals surface area contributed by atoms with Crippen molar-refractivity contribution >= 4 is 11.7 Å². The molecule has 4 nitrogen and oxygen atoms in total. The van der Waals surface area contributed by atoms with Gasteiger partial charge in [0, 0.05) is 18.3 Å². The largest absolute Gasteiger partial charge is 0.384 e. The lowest BCUT2D eigenvalue weighted by Gasteiger charge is -2.25. The lowest BCUT2D eigenvalue weighted by atomic mass is 10.2. The zero-order chi connectivity index (χ0) is 13.1. The zero-order valence-corrected chi connectivity index (χ0v) is 11.2. The monoisotopic (exact) mass is 246 g/mol. The molecule has 2 rings (SSSR count). The third-order valence-electron chi connectivity index (χ3n) is 3.32. The summed E-state index contributed by atoms with van der Waals surface area (Å²) in [7, 11) is 0. The molecular formula is C14H22N4. The van der Waals surface area contributed by atoms with E-state index in [-0.39, 0.29) is 5.84 Å². The smallest absolute Gasteiger partial charge is 0.140 e. The predicted molar refractivity (Wildman–Crippen MR) is 75.3 cm³/mol. The van der Waals surface area contributed by atoms with Gasteiger partial charge in [0.25, 0.3) is 0 Å². The molecule has 18 heavy (non-hydrogen) atoms. The average molecular weight is 246 g/mol. The highest BCUT2D eigenvalue weighted by molar-refractivity contribution is 5.99. The van der Waals surface area contributed by atoms with Gasteiger partial charge in [-0.05, 0) is 38.3 Å². The van der Waals surface area contributed by atoms with Crippen molar-refractivity contribution in [2.75, 3.05) is 11.4 Å². The van der Waals surface area contributed by atoms with Gasteiger partial charge in [0.2, 0.25) is 0 Å². The molecular weight excluding hydrogens is 224 g/mol. The van der Waals surface area contributed by atoms with Crippen LogP contribution in [0.1, 0.15) is 43.9 Å². The van der Waals surface area contributed by atoms with Crippen LogP contribution in [0.5, 0.6) is 0 Å². The number of pyridine rings is 1. The first-order valence-corrected chi connectivity index (χ1v) is 6.72. The van der Waals surface area contributed by atoms with Crippen LogP contribution in [0.4, 0.5) is 5.82 Å². The highest BCUT2D eigenvalue weighted by atomic mass is 15.2. The number of nitrogens with zero attached hydrogens (tertiary/aromatic N) is 2. The maximum atomic E-state index is 7.69. The summed E-state index contributed by atoms with van der Waals surface area (Å²) in [6, 6.07) is 4.44. The standard InChI is InChI=1S/C14H22N4/c1-3-4-9-18(11-6-7-11)14-12(13(15)16)8-5-10(2)17-14/h5,8,11H,3-4,6-7,9H2,1-2H3,(H3,15,16). The van der Waals surface area contributed by atoms with Crippen LogP contribution >= 0.6 is 0 Å². The maximum absolute atomic E-state index is 7.69. The molecule has 0 bridgehead atoms. The summed E-state index contributed by atoms with van der Waals surface area (Å²) in [5.41, 5.74) is 7.42. The number of hydrogen-bond acceptors (Lipinski definition) is 3. The summed E-state index contributed by atoms with van der Waals surface area (Å²) in [5, 5.41) is 7.69. The Morgan fingerprint density at radius 1 is 1.50 bits per heavy atom. The fourth-order valence-electron chi connectivity index (χ4n) is 2.15. The van der Waals surface area contributed by atoms with Crippen molar-refractivity contribution in [1.29, 1.82) is 5.41 Å². The maximum Gasteiger partial charge on any atom is 0.140 e. The first-order valence-electron chi connectivity index (χ1n) is 6.72. The number of nitrogen functional groups attached to an aromatic ring is 1. The van der Waals surface area contributed by atoms with Gasteiger partial charge in [-0.15, -0.1) is 0 Å². The van der Waals surface area contributed by atoms with E-state index in [9.17, 15) is 0 Å². The minimum absolute atomic E-state index is 0.111. The molecule has 1 aromatic heterocycles. The van der Waals surface area contributed by atoms with Crippen LogP contribution in [0.3, 0.4) is 0 Å². The minimum atomic E-state index is 0.111. The number of nitrogens with two attached hydrogens (primary N) is 1. The van der Waals surface area contributed by atoms with Crippen molar-refractivity contribution in [3.05, 3.63) is 23.4 Å². The van der Waals surface area contributed by atoms with Crippen molar-refractivity contribution in [3.63, 3.8) is 0 Å². The van der Waals surface area contributed by atoms with E-state index in [1.807, 2.05) is 19.1 Å². The summed E-state index contributed by atoms with van der Waals surface area (Å²) in [6.45, 7) is 5.19. The predicted octanol–water partition coefficient (Wildman–Crippen LogP) is 2.44. The molecule has 1 aliphatic rings. The Bertz CT molecular complexity index is 437.